The number of benzene rings is 1. The van der Waals surface area contributed by atoms with Crippen LogP contribution < -0.4 is 5.32 Å². The second kappa shape index (κ2) is 7.95. The van der Waals surface area contributed by atoms with E-state index < -0.39 is 5.82 Å². The molecular formula is C13H18Cl2FNO. The Bertz CT molecular complexity index is 387. The Hall–Kier alpha value is -0.350. The summed E-state index contributed by atoms with van der Waals surface area (Å²) in [6.07, 6.45) is 0.909. The summed E-state index contributed by atoms with van der Waals surface area (Å²) in [5.74, 6) is -0.445. The zero-order chi connectivity index (χ0) is 13.5. The summed E-state index contributed by atoms with van der Waals surface area (Å²) in [4.78, 5) is 0. The zero-order valence-electron chi connectivity index (χ0n) is 10.6. The maximum absolute atomic E-state index is 13.4. The Morgan fingerprint density at radius 3 is 2.72 bits per heavy atom. The van der Waals surface area contributed by atoms with Gasteiger partial charge in [-0.2, -0.15) is 0 Å². The van der Waals surface area contributed by atoms with Crippen LogP contribution in [-0.2, 0) is 4.74 Å². The number of hydrogen-bond donors (Lipinski definition) is 1. The van der Waals surface area contributed by atoms with Crippen molar-refractivity contribution in [3.63, 3.8) is 0 Å². The van der Waals surface area contributed by atoms with Crippen LogP contribution >= 0.6 is 23.2 Å². The fourth-order valence-electron chi connectivity index (χ4n) is 1.62. The third kappa shape index (κ3) is 4.73. The third-order valence-corrected chi connectivity index (χ3v) is 3.24. The smallest absolute Gasteiger partial charge is 0.142 e. The normalized spacial score (nSPS) is 12.7. The van der Waals surface area contributed by atoms with Crippen LogP contribution in [0.25, 0.3) is 0 Å². The number of halogens is 3. The summed E-state index contributed by atoms with van der Waals surface area (Å²) >= 11 is 11.7. The molecule has 0 saturated carbocycles. The molecule has 1 rings (SSSR count). The monoisotopic (exact) mass is 293 g/mol. The average Bonchev–Trinajstić information content (AvgIpc) is 2.33. The first-order valence-corrected chi connectivity index (χ1v) is 6.77. The number of rotatable bonds is 7. The molecule has 1 aromatic carbocycles. The molecule has 2 nitrogen and oxygen atoms in total. The van der Waals surface area contributed by atoms with E-state index in [9.17, 15) is 4.39 Å². The van der Waals surface area contributed by atoms with Gasteiger partial charge in [0, 0.05) is 24.3 Å². The maximum atomic E-state index is 13.4. The van der Waals surface area contributed by atoms with E-state index in [1.807, 2.05) is 13.8 Å². The number of hydrogen-bond acceptors (Lipinski definition) is 2. The molecule has 0 bridgehead atoms. The largest absolute Gasteiger partial charge is 0.382 e. The topological polar surface area (TPSA) is 21.3 Å². The summed E-state index contributed by atoms with van der Waals surface area (Å²) in [5, 5.41) is 3.80. The van der Waals surface area contributed by atoms with Gasteiger partial charge in [-0.1, -0.05) is 23.2 Å². The first-order chi connectivity index (χ1) is 8.56. The van der Waals surface area contributed by atoms with Crippen molar-refractivity contribution in [3.8, 4) is 0 Å². The van der Waals surface area contributed by atoms with Gasteiger partial charge in [0.1, 0.15) is 5.82 Å². The van der Waals surface area contributed by atoms with Crippen LogP contribution in [0.1, 0.15) is 31.9 Å². The van der Waals surface area contributed by atoms with E-state index >= 15 is 0 Å². The number of ether oxygens (including phenoxy) is 1. The molecule has 0 amide bonds. The van der Waals surface area contributed by atoms with Crippen LogP contribution in [0.5, 0.6) is 0 Å². The van der Waals surface area contributed by atoms with E-state index in [1.165, 1.54) is 12.1 Å². The zero-order valence-corrected chi connectivity index (χ0v) is 12.1. The van der Waals surface area contributed by atoms with E-state index in [2.05, 4.69) is 5.32 Å². The van der Waals surface area contributed by atoms with Crippen molar-refractivity contribution < 1.29 is 9.13 Å². The summed E-state index contributed by atoms with van der Waals surface area (Å²) < 4.78 is 18.6. The lowest BCUT2D eigenvalue weighted by Crippen LogP contribution is -2.21. The van der Waals surface area contributed by atoms with Gasteiger partial charge in [0.2, 0.25) is 0 Å². The summed E-state index contributed by atoms with van der Waals surface area (Å²) in [6.45, 7) is 6.14. The molecular weight excluding hydrogens is 276 g/mol. The molecule has 0 aliphatic rings. The van der Waals surface area contributed by atoms with Crippen molar-refractivity contribution in [2.75, 3.05) is 19.8 Å². The molecule has 1 unspecified atom stereocenters. The minimum absolute atomic E-state index is 0.0223. The van der Waals surface area contributed by atoms with Crippen LogP contribution in [0.3, 0.4) is 0 Å². The predicted octanol–water partition coefficient (Wildman–Crippen LogP) is 4.21. The van der Waals surface area contributed by atoms with Gasteiger partial charge in [-0.05, 0) is 44.5 Å². The van der Waals surface area contributed by atoms with Crippen LogP contribution in [0.15, 0.2) is 12.1 Å². The standard InChI is InChI=1S/C13H18Cl2FNO/c1-3-18-6-4-5-17-9(2)10-7-13(16)12(15)8-11(10)14/h7-9,17H,3-6H2,1-2H3. The van der Waals surface area contributed by atoms with Gasteiger partial charge < -0.3 is 10.1 Å². The minimum Gasteiger partial charge on any atom is -0.382 e. The molecule has 0 aromatic heterocycles. The molecule has 5 heteroatoms. The van der Waals surface area contributed by atoms with Crippen molar-refractivity contribution in [3.05, 3.63) is 33.6 Å². The first kappa shape index (κ1) is 15.7. The van der Waals surface area contributed by atoms with Gasteiger partial charge in [0.15, 0.2) is 0 Å². The lowest BCUT2D eigenvalue weighted by molar-refractivity contribution is 0.144. The van der Waals surface area contributed by atoms with Crippen molar-refractivity contribution >= 4 is 23.2 Å². The van der Waals surface area contributed by atoms with E-state index in [1.54, 1.807) is 0 Å². The van der Waals surface area contributed by atoms with Crippen LogP contribution in [0.4, 0.5) is 4.39 Å². The summed E-state index contributed by atoms with van der Waals surface area (Å²) in [6, 6.07) is 2.79. The fourth-order valence-corrected chi connectivity index (χ4v) is 2.16. The molecule has 18 heavy (non-hydrogen) atoms. The Labute approximate surface area is 117 Å². The molecule has 1 atom stereocenters. The van der Waals surface area contributed by atoms with Crippen LogP contribution in [-0.4, -0.2) is 19.8 Å². The van der Waals surface area contributed by atoms with E-state index in [0.717, 1.165) is 31.7 Å². The number of nitrogens with one attached hydrogen (secondary N) is 1. The van der Waals surface area contributed by atoms with Crippen molar-refractivity contribution in [1.29, 1.82) is 0 Å². The first-order valence-electron chi connectivity index (χ1n) is 6.01. The second-order valence-corrected chi connectivity index (χ2v) is 4.83. The lowest BCUT2D eigenvalue weighted by Gasteiger charge is -2.16. The highest BCUT2D eigenvalue weighted by atomic mass is 35.5. The molecule has 102 valence electrons. The van der Waals surface area contributed by atoms with Gasteiger partial charge in [-0.15, -0.1) is 0 Å². The molecule has 0 heterocycles. The van der Waals surface area contributed by atoms with Crippen molar-refractivity contribution in [2.45, 2.75) is 26.3 Å². The Balaban J connectivity index is 2.51. The molecule has 0 spiro atoms. The lowest BCUT2D eigenvalue weighted by atomic mass is 10.1. The molecule has 1 aromatic rings. The SMILES string of the molecule is CCOCCCNC(C)c1cc(F)c(Cl)cc1Cl. The van der Waals surface area contributed by atoms with Crippen LogP contribution in [0.2, 0.25) is 10.0 Å². The Morgan fingerprint density at radius 1 is 1.33 bits per heavy atom. The Morgan fingerprint density at radius 2 is 2.06 bits per heavy atom. The third-order valence-electron chi connectivity index (χ3n) is 2.63. The van der Waals surface area contributed by atoms with Gasteiger partial charge in [0.05, 0.1) is 5.02 Å². The van der Waals surface area contributed by atoms with E-state index in [0.29, 0.717) is 5.02 Å². The molecule has 0 saturated heterocycles. The van der Waals surface area contributed by atoms with Crippen molar-refractivity contribution in [2.24, 2.45) is 0 Å². The highest BCUT2D eigenvalue weighted by Gasteiger charge is 2.12. The quantitative estimate of drug-likeness (QED) is 0.601. The van der Waals surface area contributed by atoms with Gasteiger partial charge in [-0.3, -0.25) is 0 Å². The summed E-state index contributed by atoms with van der Waals surface area (Å²) in [7, 11) is 0. The summed E-state index contributed by atoms with van der Waals surface area (Å²) in [5.41, 5.74) is 0.718. The Kier molecular flexibility index (Phi) is 6.94. The highest BCUT2D eigenvalue weighted by molar-refractivity contribution is 6.35. The average molecular weight is 294 g/mol. The molecule has 0 aliphatic heterocycles. The highest BCUT2D eigenvalue weighted by Crippen LogP contribution is 2.28. The molecule has 0 aliphatic carbocycles. The predicted molar refractivity (Wildman–Crippen MR) is 73.9 cm³/mol. The van der Waals surface area contributed by atoms with Gasteiger partial charge in [0.25, 0.3) is 0 Å². The van der Waals surface area contributed by atoms with E-state index in [-0.39, 0.29) is 11.1 Å². The van der Waals surface area contributed by atoms with Crippen molar-refractivity contribution in [1.82, 2.24) is 5.32 Å². The van der Waals surface area contributed by atoms with Gasteiger partial charge in [-0.25, -0.2) is 4.39 Å². The minimum atomic E-state index is -0.445. The van der Waals surface area contributed by atoms with Crippen LogP contribution in [0, 0.1) is 5.82 Å². The molecule has 1 N–H and O–H groups in total. The fraction of sp³-hybridized carbons (Fsp3) is 0.538. The van der Waals surface area contributed by atoms with Gasteiger partial charge >= 0.3 is 0 Å². The second-order valence-electron chi connectivity index (χ2n) is 4.01. The molecule has 0 radical (unpaired) electrons. The van der Waals surface area contributed by atoms with E-state index in [4.69, 9.17) is 27.9 Å². The molecule has 0 fully saturated rings. The maximum Gasteiger partial charge on any atom is 0.142 e.